The van der Waals surface area contributed by atoms with E-state index in [4.69, 9.17) is 9.47 Å². The summed E-state index contributed by atoms with van der Waals surface area (Å²) in [6, 6.07) is 4.94. The van der Waals surface area contributed by atoms with Crippen LogP contribution in [0.15, 0.2) is 23.2 Å². The van der Waals surface area contributed by atoms with Gasteiger partial charge in [0, 0.05) is 45.3 Å². The van der Waals surface area contributed by atoms with Crippen molar-refractivity contribution in [2.45, 2.75) is 38.5 Å². The van der Waals surface area contributed by atoms with Crippen LogP contribution in [-0.2, 0) is 21.8 Å². The Morgan fingerprint density at radius 2 is 2.07 bits per heavy atom. The van der Waals surface area contributed by atoms with Crippen LogP contribution in [0.3, 0.4) is 0 Å². The molecule has 5 nitrogen and oxygen atoms in total. The molecule has 0 unspecified atom stereocenters. The van der Waals surface area contributed by atoms with Gasteiger partial charge in [0.15, 0.2) is 5.96 Å². The molecule has 1 aromatic rings. The molecule has 0 spiro atoms. The predicted octanol–water partition coefficient (Wildman–Crippen LogP) is 4.20. The van der Waals surface area contributed by atoms with Crippen LogP contribution >= 0.6 is 35.7 Å². The first-order chi connectivity index (χ1) is 13.7. The maximum absolute atomic E-state index is 13.5. The van der Waals surface area contributed by atoms with Crippen molar-refractivity contribution < 1.29 is 13.9 Å². The van der Waals surface area contributed by atoms with Crippen molar-refractivity contribution in [1.29, 1.82) is 0 Å². The number of guanidine groups is 1. The summed E-state index contributed by atoms with van der Waals surface area (Å²) in [5.41, 5.74) is 2.07. The first kappa shape index (κ1) is 26.5. The highest BCUT2D eigenvalue weighted by molar-refractivity contribution is 14.0. The molecule has 2 rings (SSSR count). The lowest BCUT2D eigenvalue weighted by atomic mass is 10.0. The van der Waals surface area contributed by atoms with E-state index in [0.717, 1.165) is 81.6 Å². The lowest BCUT2D eigenvalue weighted by Crippen LogP contribution is -2.38. The molecule has 1 heterocycles. The lowest BCUT2D eigenvalue weighted by Gasteiger charge is -2.21. The molecule has 0 aliphatic carbocycles. The van der Waals surface area contributed by atoms with Gasteiger partial charge in [-0.2, -0.15) is 11.8 Å². The van der Waals surface area contributed by atoms with Gasteiger partial charge in [0.25, 0.3) is 0 Å². The minimum atomic E-state index is -0.192. The van der Waals surface area contributed by atoms with Gasteiger partial charge in [-0.1, -0.05) is 6.07 Å². The molecule has 8 heteroatoms. The van der Waals surface area contributed by atoms with Crippen molar-refractivity contribution in [2.75, 3.05) is 45.8 Å². The Labute approximate surface area is 196 Å². The minimum absolute atomic E-state index is 0. The van der Waals surface area contributed by atoms with Crippen molar-refractivity contribution in [3.05, 3.63) is 35.1 Å². The molecule has 29 heavy (non-hydrogen) atoms. The molecule has 1 fully saturated rings. The second-order valence-corrected chi connectivity index (χ2v) is 7.82. The number of ether oxygens (including phenoxy) is 2. The SMILES string of the molecule is CCNC(=NCc1ccc(F)cc1CSC)NCCCOCC1CCOCC1.I. The van der Waals surface area contributed by atoms with E-state index < -0.39 is 0 Å². The zero-order valence-electron chi connectivity index (χ0n) is 17.5. The van der Waals surface area contributed by atoms with E-state index in [1.165, 1.54) is 6.07 Å². The maximum atomic E-state index is 13.5. The summed E-state index contributed by atoms with van der Waals surface area (Å²) in [6.45, 7) is 7.50. The summed E-state index contributed by atoms with van der Waals surface area (Å²) in [6.07, 6.45) is 5.17. The molecule has 1 aromatic carbocycles. The van der Waals surface area contributed by atoms with Gasteiger partial charge in [-0.15, -0.1) is 24.0 Å². The number of hydrogen-bond donors (Lipinski definition) is 2. The van der Waals surface area contributed by atoms with Crippen LogP contribution in [0.5, 0.6) is 0 Å². The van der Waals surface area contributed by atoms with Gasteiger partial charge in [-0.25, -0.2) is 9.38 Å². The minimum Gasteiger partial charge on any atom is -0.381 e. The summed E-state index contributed by atoms with van der Waals surface area (Å²) in [4.78, 5) is 4.66. The Kier molecular flexibility index (Phi) is 14.7. The average molecular weight is 539 g/mol. The largest absolute Gasteiger partial charge is 0.381 e. The summed E-state index contributed by atoms with van der Waals surface area (Å²) in [7, 11) is 0. The fourth-order valence-corrected chi connectivity index (χ4v) is 3.67. The second-order valence-electron chi connectivity index (χ2n) is 6.95. The Bertz CT molecular complexity index is 601. The first-order valence-electron chi connectivity index (χ1n) is 10.2. The fraction of sp³-hybridized carbons (Fsp3) is 0.667. The topological polar surface area (TPSA) is 54.9 Å². The Balaban J connectivity index is 0.00000420. The number of hydrogen-bond acceptors (Lipinski definition) is 4. The van der Waals surface area contributed by atoms with E-state index in [-0.39, 0.29) is 29.8 Å². The van der Waals surface area contributed by atoms with E-state index >= 15 is 0 Å². The van der Waals surface area contributed by atoms with Crippen LogP contribution < -0.4 is 10.6 Å². The van der Waals surface area contributed by atoms with Crippen molar-refractivity contribution >= 4 is 41.7 Å². The predicted molar refractivity (Wildman–Crippen MR) is 131 cm³/mol. The number of nitrogens with one attached hydrogen (secondary N) is 2. The standard InChI is InChI=1S/C21H34FN3O2S.HI/c1-3-23-21(24-9-4-10-27-15-17-7-11-26-12-8-17)25-14-18-5-6-20(22)13-19(18)16-28-2;/h5-6,13,17H,3-4,7-12,14-16H2,1-2H3,(H2,23,24,25);1H. The third kappa shape index (κ3) is 10.8. The molecule has 0 bridgehead atoms. The van der Waals surface area contributed by atoms with Gasteiger partial charge in [-0.05, 0) is 61.6 Å². The van der Waals surface area contributed by atoms with E-state index in [9.17, 15) is 4.39 Å². The molecule has 166 valence electrons. The second kappa shape index (κ2) is 16.2. The van der Waals surface area contributed by atoms with Crippen molar-refractivity contribution in [1.82, 2.24) is 10.6 Å². The van der Waals surface area contributed by atoms with Gasteiger partial charge >= 0.3 is 0 Å². The van der Waals surface area contributed by atoms with E-state index in [0.29, 0.717) is 12.5 Å². The third-order valence-corrected chi connectivity index (χ3v) is 5.27. The monoisotopic (exact) mass is 539 g/mol. The fourth-order valence-electron chi connectivity index (χ4n) is 3.09. The third-order valence-electron chi connectivity index (χ3n) is 4.67. The van der Waals surface area contributed by atoms with E-state index in [1.807, 2.05) is 19.2 Å². The number of nitrogens with zero attached hydrogens (tertiary/aromatic N) is 1. The van der Waals surface area contributed by atoms with Gasteiger partial charge in [0.2, 0.25) is 0 Å². The number of aliphatic imine (C=N–C) groups is 1. The smallest absolute Gasteiger partial charge is 0.191 e. The van der Waals surface area contributed by atoms with Crippen molar-refractivity contribution in [3.8, 4) is 0 Å². The van der Waals surface area contributed by atoms with E-state index in [1.54, 1.807) is 17.8 Å². The molecular weight excluding hydrogens is 504 g/mol. The molecule has 0 radical (unpaired) electrons. The highest BCUT2D eigenvalue weighted by atomic mass is 127. The highest BCUT2D eigenvalue weighted by Gasteiger charge is 2.13. The van der Waals surface area contributed by atoms with Crippen LogP contribution in [0.1, 0.15) is 37.3 Å². The number of benzene rings is 1. The molecule has 0 saturated carbocycles. The van der Waals surface area contributed by atoms with Crippen LogP contribution in [-0.4, -0.2) is 51.7 Å². The highest BCUT2D eigenvalue weighted by Crippen LogP contribution is 2.17. The molecular formula is C21H35FIN3O2S. The van der Waals surface area contributed by atoms with Crippen LogP contribution in [0.25, 0.3) is 0 Å². The van der Waals surface area contributed by atoms with Crippen molar-refractivity contribution in [3.63, 3.8) is 0 Å². The van der Waals surface area contributed by atoms with Gasteiger partial charge in [0.05, 0.1) is 6.54 Å². The van der Waals surface area contributed by atoms with E-state index in [2.05, 4.69) is 15.6 Å². The van der Waals surface area contributed by atoms with Crippen LogP contribution in [0.4, 0.5) is 4.39 Å². The zero-order chi connectivity index (χ0) is 20.0. The number of halogens is 2. The lowest BCUT2D eigenvalue weighted by molar-refractivity contribution is 0.0203. The first-order valence-corrected chi connectivity index (χ1v) is 11.6. The van der Waals surface area contributed by atoms with Crippen LogP contribution in [0.2, 0.25) is 0 Å². The summed E-state index contributed by atoms with van der Waals surface area (Å²) < 4.78 is 24.7. The van der Waals surface area contributed by atoms with Gasteiger partial charge in [-0.3, -0.25) is 0 Å². The number of rotatable bonds is 11. The molecule has 1 aliphatic heterocycles. The number of thioether (sulfide) groups is 1. The molecule has 1 saturated heterocycles. The quantitative estimate of drug-likeness (QED) is 0.191. The Morgan fingerprint density at radius 3 is 2.79 bits per heavy atom. The summed E-state index contributed by atoms with van der Waals surface area (Å²) in [5.74, 6) is 2.03. The maximum Gasteiger partial charge on any atom is 0.191 e. The van der Waals surface area contributed by atoms with Gasteiger partial charge in [0.1, 0.15) is 5.82 Å². The molecule has 2 N–H and O–H groups in total. The normalized spacial score (nSPS) is 15.1. The average Bonchev–Trinajstić information content (AvgIpc) is 2.70. The van der Waals surface area contributed by atoms with Gasteiger partial charge < -0.3 is 20.1 Å². The molecule has 0 amide bonds. The molecule has 0 aromatic heterocycles. The molecule has 1 aliphatic rings. The summed E-state index contributed by atoms with van der Waals surface area (Å²) in [5, 5.41) is 6.62. The Hall–Kier alpha value is -0.580. The van der Waals surface area contributed by atoms with Crippen LogP contribution in [0, 0.1) is 11.7 Å². The Morgan fingerprint density at radius 1 is 1.28 bits per heavy atom. The summed E-state index contributed by atoms with van der Waals surface area (Å²) >= 11 is 1.69. The molecule has 0 atom stereocenters. The van der Waals surface area contributed by atoms with Crippen molar-refractivity contribution in [2.24, 2.45) is 10.9 Å². The zero-order valence-corrected chi connectivity index (χ0v) is 20.7.